The van der Waals surface area contributed by atoms with E-state index in [-0.39, 0.29) is 11.6 Å². The Morgan fingerprint density at radius 1 is 0.939 bits per heavy atom. The molecule has 6 nitrogen and oxygen atoms in total. The number of halogens is 3. The topological polar surface area (TPSA) is 89.6 Å². The zero-order chi connectivity index (χ0) is 23.2. The second-order valence-corrected chi connectivity index (χ2v) is 7.58. The van der Waals surface area contributed by atoms with Crippen LogP contribution < -0.4 is 11.1 Å². The number of nitrogen functional groups attached to an aromatic ring is 1. The average molecular weight is 446 g/mol. The number of aromatic nitrogens is 4. The van der Waals surface area contributed by atoms with E-state index in [0.29, 0.717) is 16.7 Å². The van der Waals surface area contributed by atoms with Gasteiger partial charge < -0.3 is 11.1 Å². The van der Waals surface area contributed by atoms with Gasteiger partial charge in [0, 0.05) is 28.2 Å². The Bertz CT molecular complexity index is 1510. The van der Waals surface area contributed by atoms with Crippen LogP contribution in [-0.4, -0.2) is 19.9 Å². The maximum atomic E-state index is 13.1. The molecule has 0 aliphatic heterocycles. The van der Waals surface area contributed by atoms with Crippen LogP contribution in [0.5, 0.6) is 0 Å². The summed E-state index contributed by atoms with van der Waals surface area (Å²) in [4.78, 5) is 17.1. The molecule has 2 heterocycles. The van der Waals surface area contributed by atoms with Gasteiger partial charge >= 0.3 is 6.18 Å². The molecule has 33 heavy (non-hydrogen) atoms. The smallest absolute Gasteiger partial charge is 0.368 e. The zero-order valence-electron chi connectivity index (χ0n) is 17.4. The van der Waals surface area contributed by atoms with Crippen LogP contribution in [0.2, 0.25) is 0 Å². The summed E-state index contributed by atoms with van der Waals surface area (Å²) in [6.07, 6.45) is -1.37. The van der Waals surface area contributed by atoms with E-state index in [1.807, 2.05) is 37.3 Å². The molecule has 0 atom stereocenters. The van der Waals surface area contributed by atoms with Gasteiger partial charge in [-0.25, -0.2) is 19.9 Å². The molecule has 3 aromatic carbocycles. The van der Waals surface area contributed by atoms with Gasteiger partial charge in [0.2, 0.25) is 5.95 Å². The average Bonchev–Trinajstić information content (AvgIpc) is 2.78. The van der Waals surface area contributed by atoms with Gasteiger partial charge in [-0.2, -0.15) is 13.2 Å². The molecule has 164 valence electrons. The Hall–Kier alpha value is -4.27. The summed E-state index contributed by atoms with van der Waals surface area (Å²) in [6.45, 7) is 1.97. The molecule has 0 amide bonds. The molecule has 3 N–H and O–H groups in total. The molecule has 0 aliphatic rings. The number of anilines is 3. The van der Waals surface area contributed by atoms with E-state index in [4.69, 9.17) is 5.73 Å². The number of hydrogen-bond acceptors (Lipinski definition) is 6. The maximum absolute atomic E-state index is 13.1. The zero-order valence-corrected chi connectivity index (χ0v) is 17.4. The third-order valence-corrected chi connectivity index (χ3v) is 5.35. The number of benzene rings is 3. The fourth-order valence-corrected chi connectivity index (χ4v) is 3.81. The predicted molar refractivity (Wildman–Crippen MR) is 122 cm³/mol. The van der Waals surface area contributed by atoms with Crippen LogP contribution in [0.15, 0.2) is 67.1 Å². The lowest BCUT2D eigenvalue weighted by Gasteiger charge is -2.14. The molecule has 0 spiro atoms. The Labute approximate surface area is 186 Å². The molecule has 0 saturated carbocycles. The molecule has 5 aromatic rings. The Morgan fingerprint density at radius 2 is 1.79 bits per heavy atom. The SMILES string of the molecule is Cc1ccc2c(Nc3cccc(C(F)(F)F)c3)ncnc2c1-c1ccc2nc(N)ncc2c1. The van der Waals surface area contributed by atoms with Crippen molar-refractivity contribution in [3.63, 3.8) is 0 Å². The molecule has 0 bridgehead atoms. The van der Waals surface area contributed by atoms with Crippen molar-refractivity contribution in [3.05, 3.63) is 78.2 Å². The van der Waals surface area contributed by atoms with Crippen LogP contribution in [0.25, 0.3) is 32.9 Å². The summed E-state index contributed by atoms with van der Waals surface area (Å²) in [5.41, 5.74) is 9.41. The van der Waals surface area contributed by atoms with Crippen molar-refractivity contribution in [1.29, 1.82) is 0 Å². The van der Waals surface area contributed by atoms with E-state index in [1.165, 1.54) is 12.4 Å². The Balaban J connectivity index is 1.62. The lowest BCUT2D eigenvalue weighted by Crippen LogP contribution is -2.05. The van der Waals surface area contributed by atoms with Crippen molar-refractivity contribution < 1.29 is 13.2 Å². The highest BCUT2D eigenvalue weighted by molar-refractivity contribution is 6.02. The van der Waals surface area contributed by atoms with Crippen molar-refractivity contribution in [2.75, 3.05) is 11.1 Å². The van der Waals surface area contributed by atoms with E-state index in [9.17, 15) is 13.2 Å². The summed E-state index contributed by atoms with van der Waals surface area (Å²) < 4.78 is 39.3. The van der Waals surface area contributed by atoms with Crippen molar-refractivity contribution >= 4 is 39.3 Å². The van der Waals surface area contributed by atoms with Gasteiger partial charge in [0.1, 0.15) is 12.1 Å². The van der Waals surface area contributed by atoms with Crippen LogP contribution >= 0.6 is 0 Å². The first kappa shape index (κ1) is 20.6. The van der Waals surface area contributed by atoms with E-state index in [1.54, 1.807) is 12.3 Å². The lowest BCUT2D eigenvalue weighted by molar-refractivity contribution is -0.137. The fraction of sp³-hybridized carbons (Fsp3) is 0.0833. The first-order chi connectivity index (χ1) is 15.8. The van der Waals surface area contributed by atoms with E-state index >= 15 is 0 Å². The summed E-state index contributed by atoms with van der Waals surface area (Å²) in [6, 6.07) is 14.5. The third kappa shape index (κ3) is 3.89. The molecule has 9 heteroatoms. The quantitative estimate of drug-likeness (QED) is 0.359. The minimum absolute atomic E-state index is 0.203. The van der Waals surface area contributed by atoms with Gasteiger partial charge in [0.15, 0.2) is 0 Å². The fourth-order valence-electron chi connectivity index (χ4n) is 3.81. The highest BCUT2D eigenvalue weighted by atomic mass is 19.4. The Morgan fingerprint density at radius 3 is 2.61 bits per heavy atom. The summed E-state index contributed by atoms with van der Waals surface area (Å²) in [5, 5.41) is 4.52. The number of nitrogens with one attached hydrogen (secondary N) is 1. The van der Waals surface area contributed by atoms with Gasteiger partial charge in [-0.15, -0.1) is 0 Å². The minimum Gasteiger partial charge on any atom is -0.368 e. The van der Waals surface area contributed by atoms with Crippen molar-refractivity contribution in [2.45, 2.75) is 13.1 Å². The van der Waals surface area contributed by atoms with Crippen LogP contribution in [0.4, 0.5) is 30.6 Å². The molecule has 0 aliphatic carbocycles. The van der Waals surface area contributed by atoms with Crippen molar-refractivity contribution in [2.24, 2.45) is 0 Å². The first-order valence-electron chi connectivity index (χ1n) is 10.0. The number of rotatable bonds is 3. The molecule has 0 radical (unpaired) electrons. The number of hydrogen-bond donors (Lipinski definition) is 2. The van der Waals surface area contributed by atoms with Crippen molar-refractivity contribution in [3.8, 4) is 11.1 Å². The van der Waals surface area contributed by atoms with E-state index in [2.05, 4.69) is 25.3 Å². The van der Waals surface area contributed by atoms with Crippen LogP contribution in [0, 0.1) is 6.92 Å². The minimum atomic E-state index is -4.43. The lowest BCUT2D eigenvalue weighted by atomic mass is 9.96. The number of nitrogens with two attached hydrogens (primary N) is 1. The van der Waals surface area contributed by atoms with Crippen LogP contribution in [0.1, 0.15) is 11.1 Å². The van der Waals surface area contributed by atoms with Gasteiger partial charge in [-0.05, 0) is 54.4 Å². The maximum Gasteiger partial charge on any atom is 0.416 e. The Kier molecular flexibility index (Phi) is 4.81. The van der Waals surface area contributed by atoms with Gasteiger partial charge in [-0.1, -0.05) is 18.2 Å². The highest BCUT2D eigenvalue weighted by Gasteiger charge is 2.30. The monoisotopic (exact) mass is 446 g/mol. The summed E-state index contributed by atoms with van der Waals surface area (Å²) in [7, 11) is 0. The molecule has 0 saturated heterocycles. The number of nitrogens with zero attached hydrogens (tertiary/aromatic N) is 4. The molecule has 0 fully saturated rings. The van der Waals surface area contributed by atoms with Gasteiger partial charge in [0.25, 0.3) is 0 Å². The second kappa shape index (κ2) is 7.70. The summed E-state index contributed by atoms with van der Waals surface area (Å²) in [5.74, 6) is 0.618. The number of alkyl halides is 3. The molecule has 0 unspecified atom stereocenters. The number of aryl methyl sites for hydroxylation is 1. The van der Waals surface area contributed by atoms with E-state index in [0.717, 1.165) is 39.7 Å². The molecule has 5 rings (SSSR count). The van der Waals surface area contributed by atoms with Crippen LogP contribution in [-0.2, 0) is 6.18 Å². The van der Waals surface area contributed by atoms with Gasteiger partial charge in [0.05, 0.1) is 16.6 Å². The summed E-state index contributed by atoms with van der Waals surface area (Å²) >= 11 is 0. The molecular weight excluding hydrogens is 429 g/mol. The number of fused-ring (bicyclic) bond motifs is 2. The standard InChI is InChI=1S/C24H17F3N6/c1-13-5-7-18-21(20(13)14-6-8-19-15(9-14)11-29-23(28)33-19)30-12-31-22(18)32-17-4-2-3-16(10-17)24(25,26)27/h2-12H,1H3,(H2,28,29,33)(H,30,31,32). The normalized spacial score (nSPS) is 11.8. The largest absolute Gasteiger partial charge is 0.416 e. The van der Waals surface area contributed by atoms with E-state index < -0.39 is 11.7 Å². The third-order valence-electron chi connectivity index (χ3n) is 5.35. The van der Waals surface area contributed by atoms with Crippen molar-refractivity contribution in [1.82, 2.24) is 19.9 Å². The predicted octanol–water partition coefficient (Wildman–Crippen LogP) is 5.89. The highest BCUT2D eigenvalue weighted by Crippen LogP contribution is 2.36. The van der Waals surface area contributed by atoms with Crippen LogP contribution in [0.3, 0.4) is 0 Å². The second-order valence-electron chi connectivity index (χ2n) is 7.58. The molecule has 2 aromatic heterocycles. The molecular formula is C24H17F3N6. The van der Waals surface area contributed by atoms with Gasteiger partial charge in [-0.3, -0.25) is 0 Å². The first-order valence-corrected chi connectivity index (χ1v) is 10.0.